The van der Waals surface area contributed by atoms with Crippen molar-refractivity contribution in [3.05, 3.63) is 0 Å². The molecule has 2 fully saturated rings. The zero-order chi connectivity index (χ0) is 4.74. The van der Waals surface area contributed by atoms with Gasteiger partial charge in [-0.25, -0.2) is 0 Å². The summed E-state index contributed by atoms with van der Waals surface area (Å²) in [4.78, 5) is 0. The van der Waals surface area contributed by atoms with Crippen LogP contribution in [0.4, 0.5) is 0 Å². The van der Waals surface area contributed by atoms with E-state index in [0.717, 1.165) is 5.41 Å². The molecule has 1 N–H and O–H groups in total. The molecule has 2 heteroatoms. The second kappa shape index (κ2) is 1.89. The molecule has 1 saturated heterocycles. The Labute approximate surface area is 56.3 Å². The van der Waals surface area contributed by atoms with Crippen LogP contribution in [0.5, 0.6) is 0 Å². The third-order valence-electron chi connectivity index (χ3n) is 2.41. The number of hydrogen-bond donors (Lipinski definition) is 1. The SMILES string of the molecule is C1CC2(C1)CNC2.Cl. The first-order valence-electron chi connectivity index (χ1n) is 3.12. The van der Waals surface area contributed by atoms with Gasteiger partial charge in [0.15, 0.2) is 0 Å². The van der Waals surface area contributed by atoms with Crippen LogP contribution >= 0.6 is 12.4 Å². The van der Waals surface area contributed by atoms with Gasteiger partial charge in [-0.05, 0) is 18.3 Å². The molecule has 0 bridgehead atoms. The van der Waals surface area contributed by atoms with Crippen LogP contribution in [-0.4, -0.2) is 13.1 Å². The molecular formula is C6H12ClN. The highest BCUT2D eigenvalue weighted by Crippen LogP contribution is 2.43. The van der Waals surface area contributed by atoms with Crippen LogP contribution in [0, 0.1) is 5.41 Å². The second-order valence-corrected chi connectivity index (χ2v) is 2.96. The summed E-state index contributed by atoms with van der Waals surface area (Å²) < 4.78 is 0. The van der Waals surface area contributed by atoms with Crippen molar-refractivity contribution in [1.29, 1.82) is 0 Å². The molecular weight excluding hydrogens is 122 g/mol. The average molecular weight is 134 g/mol. The van der Waals surface area contributed by atoms with Crippen molar-refractivity contribution in [3.63, 3.8) is 0 Å². The molecule has 1 aliphatic carbocycles. The van der Waals surface area contributed by atoms with Crippen molar-refractivity contribution in [2.45, 2.75) is 19.3 Å². The molecule has 0 unspecified atom stereocenters. The molecule has 1 aliphatic heterocycles. The van der Waals surface area contributed by atoms with Gasteiger partial charge in [0.1, 0.15) is 0 Å². The van der Waals surface area contributed by atoms with Crippen molar-refractivity contribution in [2.24, 2.45) is 5.41 Å². The van der Waals surface area contributed by atoms with Gasteiger partial charge in [-0.15, -0.1) is 12.4 Å². The maximum absolute atomic E-state index is 3.30. The molecule has 0 atom stereocenters. The van der Waals surface area contributed by atoms with Crippen molar-refractivity contribution >= 4 is 12.4 Å². The predicted molar refractivity (Wildman–Crippen MR) is 36.4 cm³/mol. The Balaban J connectivity index is 0.000000320. The largest absolute Gasteiger partial charge is 0.316 e. The van der Waals surface area contributed by atoms with Crippen molar-refractivity contribution in [1.82, 2.24) is 5.32 Å². The van der Waals surface area contributed by atoms with E-state index in [1.54, 1.807) is 0 Å². The number of hydrogen-bond acceptors (Lipinski definition) is 1. The normalized spacial score (nSPS) is 30.0. The average Bonchev–Trinajstić information content (AvgIpc) is 1.20. The van der Waals surface area contributed by atoms with Gasteiger partial charge in [0.2, 0.25) is 0 Å². The van der Waals surface area contributed by atoms with Crippen LogP contribution in [0.15, 0.2) is 0 Å². The molecule has 2 rings (SSSR count). The van der Waals surface area contributed by atoms with E-state index in [1.165, 1.54) is 32.4 Å². The number of rotatable bonds is 0. The van der Waals surface area contributed by atoms with Gasteiger partial charge in [0.25, 0.3) is 0 Å². The lowest BCUT2D eigenvalue weighted by atomic mass is 9.65. The standard InChI is InChI=1S/C6H11N.ClH/c1-2-6(3-1)4-7-5-6;/h7H,1-5H2;1H. The third kappa shape index (κ3) is 0.652. The maximum atomic E-state index is 3.30. The van der Waals surface area contributed by atoms with E-state index in [4.69, 9.17) is 0 Å². The molecule has 1 spiro atoms. The summed E-state index contributed by atoms with van der Waals surface area (Å²) in [7, 11) is 0. The summed E-state index contributed by atoms with van der Waals surface area (Å²) in [5.74, 6) is 0. The minimum atomic E-state index is 0. The summed E-state index contributed by atoms with van der Waals surface area (Å²) in [5, 5.41) is 3.30. The topological polar surface area (TPSA) is 12.0 Å². The Hall–Kier alpha value is 0.250. The van der Waals surface area contributed by atoms with Crippen LogP contribution in [0.1, 0.15) is 19.3 Å². The van der Waals surface area contributed by atoms with Crippen LogP contribution in [0.25, 0.3) is 0 Å². The van der Waals surface area contributed by atoms with E-state index < -0.39 is 0 Å². The Morgan fingerprint density at radius 3 is 1.75 bits per heavy atom. The number of nitrogens with one attached hydrogen (secondary N) is 1. The highest BCUT2D eigenvalue weighted by molar-refractivity contribution is 5.85. The first-order valence-corrected chi connectivity index (χ1v) is 3.12. The number of halogens is 1. The monoisotopic (exact) mass is 133 g/mol. The zero-order valence-electron chi connectivity index (χ0n) is 4.94. The highest BCUT2D eigenvalue weighted by atomic mass is 35.5. The Morgan fingerprint density at radius 2 is 1.75 bits per heavy atom. The summed E-state index contributed by atoms with van der Waals surface area (Å²) in [6.07, 6.45) is 4.49. The van der Waals surface area contributed by atoms with E-state index in [9.17, 15) is 0 Å². The molecule has 8 heavy (non-hydrogen) atoms. The summed E-state index contributed by atoms with van der Waals surface area (Å²) >= 11 is 0. The van der Waals surface area contributed by atoms with Crippen LogP contribution in [0.2, 0.25) is 0 Å². The van der Waals surface area contributed by atoms with E-state index in [1.807, 2.05) is 0 Å². The minimum Gasteiger partial charge on any atom is -0.316 e. The van der Waals surface area contributed by atoms with Crippen molar-refractivity contribution in [2.75, 3.05) is 13.1 Å². The summed E-state index contributed by atoms with van der Waals surface area (Å²) in [6.45, 7) is 2.62. The van der Waals surface area contributed by atoms with E-state index in [2.05, 4.69) is 5.32 Å². The van der Waals surface area contributed by atoms with Gasteiger partial charge in [0, 0.05) is 13.1 Å². The zero-order valence-corrected chi connectivity index (χ0v) is 5.76. The molecule has 0 aromatic rings. The predicted octanol–water partition coefficient (Wildman–Crippen LogP) is 1.18. The van der Waals surface area contributed by atoms with Gasteiger partial charge in [-0.3, -0.25) is 0 Å². The molecule has 0 aromatic heterocycles. The molecule has 1 nitrogen and oxygen atoms in total. The van der Waals surface area contributed by atoms with Gasteiger partial charge < -0.3 is 5.32 Å². The van der Waals surface area contributed by atoms with Gasteiger partial charge >= 0.3 is 0 Å². The van der Waals surface area contributed by atoms with E-state index in [-0.39, 0.29) is 12.4 Å². The molecule has 2 aliphatic rings. The van der Waals surface area contributed by atoms with E-state index >= 15 is 0 Å². The second-order valence-electron chi connectivity index (χ2n) is 2.96. The minimum absolute atomic E-state index is 0. The van der Waals surface area contributed by atoms with E-state index in [0.29, 0.717) is 0 Å². The Morgan fingerprint density at radius 1 is 1.12 bits per heavy atom. The molecule has 48 valence electrons. The summed E-state index contributed by atoms with van der Waals surface area (Å²) in [6, 6.07) is 0. The Kier molecular flexibility index (Phi) is 1.50. The molecule has 0 amide bonds. The quantitative estimate of drug-likeness (QED) is 0.524. The van der Waals surface area contributed by atoms with Crippen LogP contribution < -0.4 is 5.32 Å². The summed E-state index contributed by atoms with van der Waals surface area (Å²) in [5.41, 5.74) is 0.833. The lowest BCUT2D eigenvalue weighted by molar-refractivity contribution is 0.0603. The first kappa shape index (κ1) is 6.37. The fraction of sp³-hybridized carbons (Fsp3) is 1.00. The van der Waals surface area contributed by atoms with Gasteiger partial charge in [-0.1, -0.05) is 6.42 Å². The maximum Gasteiger partial charge on any atom is 0.00202 e. The van der Waals surface area contributed by atoms with Crippen molar-refractivity contribution in [3.8, 4) is 0 Å². The molecule has 0 radical (unpaired) electrons. The van der Waals surface area contributed by atoms with Crippen LogP contribution in [0.3, 0.4) is 0 Å². The van der Waals surface area contributed by atoms with Crippen LogP contribution in [-0.2, 0) is 0 Å². The Bertz CT molecular complexity index is 69.0. The lowest BCUT2D eigenvalue weighted by Gasteiger charge is -2.49. The van der Waals surface area contributed by atoms with Gasteiger partial charge in [-0.2, -0.15) is 0 Å². The fourth-order valence-electron chi connectivity index (χ4n) is 1.51. The highest BCUT2D eigenvalue weighted by Gasteiger charge is 2.41. The third-order valence-corrected chi connectivity index (χ3v) is 2.41. The lowest BCUT2D eigenvalue weighted by Crippen LogP contribution is -2.57. The fourth-order valence-corrected chi connectivity index (χ4v) is 1.51. The molecule has 1 saturated carbocycles. The first-order chi connectivity index (χ1) is 3.41. The molecule has 0 aromatic carbocycles. The smallest absolute Gasteiger partial charge is 0.00202 e. The van der Waals surface area contributed by atoms with Crippen molar-refractivity contribution < 1.29 is 0 Å². The molecule has 1 heterocycles. The van der Waals surface area contributed by atoms with Gasteiger partial charge in [0.05, 0.1) is 0 Å².